The number of rotatable bonds is 5. The summed E-state index contributed by atoms with van der Waals surface area (Å²) in [5.41, 5.74) is 1.47. The number of hydrogen-bond acceptors (Lipinski definition) is 5. The normalized spacial score (nSPS) is 14.8. The highest BCUT2D eigenvalue weighted by atomic mass is 35.5. The van der Waals surface area contributed by atoms with Crippen LogP contribution in [0.15, 0.2) is 18.2 Å². The average molecular weight is 422 g/mol. The summed E-state index contributed by atoms with van der Waals surface area (Å²) in [7, 11) is 1.53. The van der Waals surface area contributed by atoms with Crippen LogP contribution in [0.25, 0.3) is 0 Å². The van der Waals surface area contributed by atoms with Gasteiger partial charge in [-0.15, -0.1) is 11.3 Å². The molecule has 2 amide bonds. The number of nitrogens with one attached hydrogen (secondary N) is 1. The number of benzene rings is 1. The molecule has 0 atom stereocenters. The van der Waals surface area contributed by atoms with E-state index in [1.54, 1.807) is 23.1 Å². The Labute approximate surface area is 173 Å². The Kier molecular flexibility index (Phi) is 6.57. The van der Waals surface area contributed by atoms with Crippen molar-refractivity contribution < 1.29 is 14.3 Å². The van der Waals surface area contributed by atoms with Gasteiger partial charge in [0.15, 0.2) is 5.13 Å². The topological polar surface area (TPSA) is 71.5 Å². The van der Waals surface area contributed by atoms with Crippen LogP contribution in [0.3, 0.4) is 0 Å². The lowest BCUT2D eigenvalue weighted by Gasteiger charge is -2.31. The average Bonchev–Trinajstić information content (AvgIpc) is 3.06. The SMILES string of the molecule is CCc1nc(NC(=O)C2CCN(C(=O)c3cc(Cl)ccc3OC)CC2)sc1C. The molecule has 6 nitrogen and oxygen atoms in total. The Morgan fingerprint density at radius 3 is 2.68 bits per heavy atom. The molecular formula is C20H24ClN3O3S. The van der Waals surface area contributed by atoms with Crippen LogP contribution in [-0.2, 0) is 11.2 Å². The van der Waals surface area contributed by atoms with Crippen molar-refractivity contribution in [3.63, 3.8) is 0 Å². The summed E-state index contributed by atoms with van der Waals surface area (Å²) in [6.45, 7) is 5.10. The Morgan fingerprint density at radius 1 is 1.36 bits per heavy atom. The van der Waals surface area contributed by atoms with Crippen molar-refractivity contribution in [3.8, 4) is 5.75 Å². The number of anilines is 1. The molecule has 1 aliphatic heterocycles. The molecule has 2 aromatic rings. The lowest BCUT2D eigenvalue weighted by molar-refractivity contribution is -0.121. The third-order valence-electron chi connectivity index (χ3n) is 5.00. The number of carbonyl (C=O) groups is 2. The zero-order valence-corrected chi connectivity index (χ0v) is 17.8. The summed E-state index contributed by atoms with van der Waals surface area (Å²) in [4.78, 5) is 32.8. The number of aromatic nitrogens is 1. The first-order valence-corrected chi connectivity index (χ1v) is 10.5. The second-order valence-electron chi connectivity index (χ2n) is 6.78. The fourth-order valence-corrected chi connectivity index (χ4v) is 4.46. The number of aryl methyl sites for hydroxylation is 2. The summed E-state index contributed by atoms with van der Waals surface area (Å²) in [5, 5.41) is 4.08. The third kappa shape index (κ3) is 4.47. The largest absolute Gasteiger partial charge is 0.496 e. The number of thiazole rings is 1. The van der Waals surface area contributed by atoms with E-state index in [0.29, 0.717) is 47.4 Å². The molecule has 0 unspecified atom stereocenters. The van der Waals surface area contributed by atoms with E-state index in [4.69, 9.17) is 16.3 Å². The maximum Gasteiger partial charge on any atom is 0.257 e. The molecule has 3 rings (SSSR count). The molecule has 8 heteroatoms. The molecule has 0 bridgehead atoms. The van der Waals surface area contributed by atoms with E-state index in [9.17, 15) is 9.59 Å². The highest BCUT2D eigenvalue weighted by Gasteiger charge is 2.29. The van der Waals surface area contributed by atoms with Crippen LogP contribution in [0.5, 0.6) is 5.75 Å². The highest BCUT2D eigenvalue weighted by molar-refractivity contribution is 7.15. The van der Waals surface area contributed by atoms with E-state index in [-0.39, 0.29) is 17.7 Å². The molecule has 1 aromatic heterocycles. The fraction of sp³-hybridized carbons (Fsp3) is 0.450. The predicted octanol–water partition coefficient (Wildman–Crippen LogP) is 4.17. The van der Waals surface area contributed by atoms with Crippen LogP contribution in [0.1, 0.15) is 40.7 Å². The Hall–Kier alpha value is -2.12. The fourth-order valence-electron chi connectivity index (χ4n) is 3.38. The minimum atomic E-state index is -0.125. The molecule has 150 valence electrons. The number of carbonyl (C=O) groups excluding carboxylic acids is 2. The van der Waals surface area contributed by atoms with Crippen molar-refractivity contribution in [3.05, 3.63) is 39.4 Å². The molecule has 1 aliphatic rings. The Morgan fingerprint density at radius 2 is 2.07 bits per heavy atom. The molecule has 0 aliphatic carbocycles. The van der Waals surface area contributed by atoms with Crippen molar-refractivity contribution in [2.45, 2.75) is 33.1 Å². The lowest BCUT2D eigenvalue weighted by atomic mass is 9.95. The molecule has 2 heterocycles. The van der Waals surface area contributed by atoms with Crippen molar-refractivity contribution in [1.29, 1.82) is 0 Å². The van der Waals surface area contributed by atoms with E-state index in [0.717, 1.165) is 17.0 Å². The van der Waals surface area contributed by atoms with E-state index in [2.05, 4.69) is 17.2 Å². The van der Waals surface area contributed by atoms with E-state index in [1.165, 1.54) is 18.4 Å². The summed E-state index contributed by atoms with van der Waals surface area (Å²) < 4.78 is 5.28. The molecule has 1 fully saturated rings. The number of nitrogens with zero attached hydrogens (tertiary/aromatic N) is 2. The van der Waals surface area contributed by atoms with Gasteiger partial charge in [-0.1, -0.05) is 18.5 Å². The van der Waals surface area contributed by atoms with Crippen LogP contribution >= 0.6 is 22.9 Å². The zero-order valence-electron chi connectivity index (χ0n) is 16.3. The van der Waals surface area contributed by atoms with Crippen molar-refractivity contribution in [2.24, 2.45) is 5.92 Å². The number of likely N-dealkylation sites (tertiary alicyclic amines) is 1. The summed E-state index contributed by atoms with van der Waals surface area (Å²) in [6.07, 6.45) is 2.09. The quantitative estimate of drug-likeness (QED) is 0.786. The maximum absolute atomic E-state index is 12.9. The van der Waals surface area contributed by atoms with Gasteiger partial charge < -0.3 is 15.0 Å². The van der Waals surface area contributed by atoms with Gasteiger partial charge in [-0.2, -0.15) is 0 Å². The van der Waals surface area contributed by atoms with Crippen LogP contribution in [0.4, 0.5) is 5.13 Å². The smallest absolute Gasteiger partial charge is 0.257 e. The molecular weight excluding hydrogens is 398 g/mol. The molecule has 1 saturated heterocycles. The van der Waals surface area contributed by atoms with Gasteiger partial charge in [0.2, 0.25) is 5.91 Å². The van der Waals surface area contributed by atoms with Crippen LogP contribution in [0, 0.1) is 12.8 Å². The number of piperidine rings is 1. The standard InChI is InChI=1S/C20H24ClN3O3S/c1-4-16-12(2)28-20(22-16)23-18(25)13-7-9-24(10-8-13)19(26)15-11-14(21)5-6-17(15)27-3/h5-6,11,13H,4,7-10H2,1-3H3,(H,22,23,25). The van der Waals surface area contributed by atoms with E-state index < -0.39 is 0 Å². The van der Waals surface area contributed by atoms with Crippen molar-refractivity contribution >= 4 is 39.9 Å². The number of ether oxygens (including phenoxy) is 1. The maximum atomic E-state index is 12.9. The molecule has 0 saturated carbocycles. The van der Waals surface area contributed by atoms with Gasteiger partial charge in [-0.3, -0.25) is 9.59 Å². The van der Waals surface area contributed by atoms with Gasteiger partial charge in [-0.25, -0.2) is 4.98 Å². The number of amides is 2. The van der Waals surface area contributed by atoms with Crippen molar-refractivity contribution in [1.82, 2.24) is 9.88 Å². The minimum absolute atomic E-state index is 0.0242. The zero-order chi connectivity index (χ0) is 20.3. The van der Waals surface area contributed by atoms with E-state index in [1.807, 2.05) is 6.92 Å². The molecule has 1 N–H and O–H groups in total. The van der Waals surface area contributed by atoms with Gasteiger partial charge in [0.25, 0.3) is 5.91 Å². The van der Waals surface area contributed by atoms with Gasteiger partial charge in [-0.05, 0) is 44.4 Å². The first-order valence-electron chi connectivity index (χ1n) is 9.32. The van der Waals surface area contributed by atoms with E-state index >= 15 is 0 Å². The predicted molar refractivity (Wildman–Crippen MR) is 111 cm³/mol. The molecule has 1 aromatic carbocycles. The Bertz CT molecular complexity index is 876. The lowest BCUT2D eigenvalue weighted by Crippen LogP contribution is -2.41. The molecule has 0 radical (unpaired) electrons. The number of methoxy groups -OCH3 is 1. The second-order valence-corrected chi connectivity index (χ2v) is 8.42. The molecule has 0 spiro atoms. The van der Waals surface area contributed by atoms with Crippen LogP contribution in [-0.4, -0.2) is 41.9 Å². The third-order valence-corrected chi connectivity index (χ3v) is 6.17. The first-order chi connectivity index (χ1) is 13.4. The monoisotopic (exact) mass is 421 g/mol. The summed E-state index contributed by atoms with van der Waals surface area (Å²) in [6, 6.07) is 5.01. The highest BCUT2D eigenvalue weighted by Crippen LogP contribution is 2.28. The van der Waals surface area contributed by atoms with Crippen LogP contribution < -0.4 is 10.1 Å². The van der Waals surface area contributed by atoms with Gasteiger partial charge in [0, 0.05) is 28.9 Å². The first kappa shape index (κ1) is 20.6. The summed E-state index contributed by atoms with van der Waals surface area (Å²) >= 11 is 7.54. The number of halogens is 1. The molecule has 28 heavy (non-hydrogen) atoms. The van der Waals surface area contributed by atoms with Gasteiger partial charge in [0.05, 0.1) is 18.4 Å². The van der Waals surface area contributed by atoms with Gasteiger partial charge in [0.1, 0.15) is 5.75 Å². The minimum Gasteiger partial charge on any atom is -0.496 e. The second kappa shape index (κ2) is 8.92. The van der Waals surface area contributed by atoms with Crippen LogP contribution in [0.2, 0.25) is 5.02 Å². The Balaban J connectivity index is 1.60. The van der Waals surface area contributed by atoms with Crippen molar-refractivity contribution in [2.75, 3.05) is 25.5 Å². The number of hydrogen-bond donors (Lipinski definition) is 1. The van der Waals surface area contributed by atoms with Gasteiger partial charge >= 0.3 is 0 Å². The summed E-state index contributed by atoms with van der Waals surface area (Å²) in [5.74, 6) is 0.227.